The van der Waals surface area contributed by atoms with Crippen LogP contribution in [0.2, 0.25) is 0 Å². The van der Waals surface area contributed by atoms with Crippen molar-refractivity contribution < 1.29 is 14.4 Å². The van der Waals surface area contributed by atoms with Crippen LogP contribution in [0, 0.1) is 0 Å². The third-order valence-corrected chi connectivity index (χ3v) is 3.17. The van der Waals surface area contributed by atoms with Crippen LogP contribution in [0.1, 0.15) is 35.9 Å². The first-order valence-corrected chi connectivity index (χ1v) is 6.65. The normalized spacial score (nSPS) is 17.8. The molecule has 112 valence electrons. The summed E-state index contributed by atoms with van der Waals surface area (Å²) in [5, 5.41) is 2.63. The summed E-state index contributed by atoms with van der Waals surface area (Å²) in [5.41, 5.74) is 2.56. The van der Waals surface area contributed by atoms with Gasteiger partial charge in [0.15, 0.2) is 0 Å². The molecule has 4 amide bonds. The Morgan fingerprint density at radius 3 is 2.90 bits per heavy atom. The van der Waals surface area contributed by atoms with E-state index in [-0.39, 0.29) is 18.1 Å². The lowest BCUT2D eigenvalue weighted by Crippen LogP contribution is -2.33. The maximum Gasteiger partial charge on any atom is 0.325 e. The van der Waals surface area contributed by atoms with Crippen LogP contribution in [0.15, 0.2) is 18.2 Å². The molecule has 0 aromatic carbocycles. The number of hydrogen-bond donors (Lipinski definition) is 3. The molecule has 8 nitrogen and oxygen atoms in total. The Morgan fingerprint density at radius 1 is 1.48 bits per heavy atom. The number of carbonyl (C=O) groups is 3. The van der Waals surface area contributed by atoms with E-state index in [0.717, 1.165) is 11.3 Å². The molecule has 8 heteroatoms. The molecule has 0 spiro atoms. The topological polar surface area (TPSA) is 117 Å². The van der Waals surface area contributed by atoms with Gasteiger partial charge >= 0.3 is 6.03 Å². The van der Waals surface area contributed by atoms with Gasteiger partial charge in [-0.2, -0.15) is 0 Å². The number of nitrogens with one attached hydrogen (secondary N) is 2. The van der Waals surface area contributed by atoms with E-state index < -0.39 is 18.0 Å². The van der Waals surface area contributed by atoms with Crippen LogP contribution in [0.3, 0.4) is 0 Å². The van der Waals surface area contributed by atoms with E-state index in [1.165, 1.54) is 6.07 Å². The predicted octanol–water partition coefficient (Wildman–Crippen LogP) is -0.0944. The van der Waals surface area contributed by atoms with Gasteiger partial charge in [-0.15, -0.1) is 0 Å². The Labute approximate surface area is 121 Å². The number of hydrazine groups is 1. The van der Waals surface area contributed by atoms with Crippen molar-refractivity contribution in [3.05, 3.63) is 29.6 Å². The molecule has 1 aliphatic heterocycles. The predicted molar refractivity (Wildman–Crippen MR) is 73.7 cm³/mol. The van der Waals surface area contributed by atoms with Crippen molar-refractivity contribution in [2.45, 2.75) is 32.4 Å². The average molecular weight is 291 g/mol. The summed E-state index contributed by atoms with van der Waals surface area (Å²) in [7, 11) is 0. The summed E-state index contributed by atoms with van der Waals surface area (Å²) in [6.45, 7) is 1.97. The van der Waals surface area contributed by atoms with Gasteiger partial charge in [0.2, 0.25) is 0 Å². The van der Waals surface area contributed by atoms with E-state index in [9.17, 15) is 14.4 Å². The van der Waals surface area contributed by atoms with Gasteiger partial charge in [-0.1, -0.05) is 19.4 Å². The van der Waals surface area contributed by atoms with Gasteiger partial charge in [0.05, 0.1) is 12.2 Å². The Bertz CT molecular complexity index is 575. The molecule has 1 aromatic rings. The highest BCUT2D eigenvalue weighted by atomic mass is 16.2. The Balaban J connectivity index is 2.13. The van der Waals surface area contributed by atoms with Crippen LogP contribution in [-0.2, 0) is 11.3 Å². The van der Waals surface area contributed by atoms with Crippen LogP contribution in [0.25, 0.3) is 0 Å². The van der Waals surface area contributed by atoms with Crippen molar-refractivity contribution in [1.29, 1.82) is 0 Å². The molecule has 1 atom stereocenters. The number of carbonyl (C=O) groups excluding carboxylic acids is 3. The fourth-order valence-corrected chi connectivity index (χ4v) is 2.14. The van der Waals surface area contributed by atoms with Gasteiger partial charge < -0.3 is 5.32 Å². The summed E-state index contributed by atoms with van der Waals surface area (Å²) in [6, 6.07) is 3.85. The number of nitrogens with zero attached hydrogens (tertiary/aromatic N) is 2. The van der Waals surface area contributed by atoms with Gasteiger partial charge in [-0.05, 0) is 18.6 Å². The smallest absolute Gasteiger partial charge is 0.325 e. The number of imide groups is 1. The molecule has 0 bridgehead atoms. The minimum Gasteiger partial charge on any atom is -0.326 e. The van der Waals surface area contributed by atoms with Crippen LogP contribution >= 0.6 is 0 Å². The second kappa shape index (κ2) is 6.31. The lowest BCUT2D eigenvalue weighted by Gasteiger charge is -2.12. The van der Waals surface area contributed by atoms with Crippen molar-refractivity contribution in [3.8, 4) is 0 Å². The molecular weight excluding hydrogens is 274 g/mol. The lowest BCUT2D eigenvalue weighted by molar-refractivity contribution is -0.128. The first kappa shape index (κ1) is 14.9. The molecular formula is C13H17N5O3. The largest absolute Gasteiger partial charge is 0.326 e. The molecule has 1 fully saturated rings. The zero-order chi connectivity index (χ0) is 15.4. The van der Waals surface area contributed by atoms with E-state index in [2.05, 4.69) is 10.3 Å². The highest BCUT2D eigenvalue weighted by Crippen LogP contribution is 2.14. The molecule has 1 aromatic heterocycles. The summed E-state index contributed by atoms with van der Waals surface area (Å²) in [6.07, 6.45) is 1.40. The fraction of sp³-hybridized carbons (Fsp3) is 0.385. The Hall–Kier alpha value is -2.48. The number of aromatic nitrogens is 1. The zero-order valence-electron chi connectivity index (χ0n) is 11.6. The molecule has 0 saturated carbocycles. The maximum absolute atomic E-state index is 12.1. The summed E-state index contributed by atoms with van der Waals surface area (Å²) >= 11 is 0. The molecule has 0 aliphatic carbocycles. The van der Waals surface area contributed by atoms with E-state index in [1.54, 1.807) is 12.1 Å². The number of pyridine rings is 1. The SMILES string of the molecule is CCCC1NC(=O)N(Cc2cccc(C(=O)NN)n2)C1=O. The minimum absolute atomic E-state index is 0.0244. The van der Waals surface area contributed by atoms with Crippen molar-refractivity contribution in [3.63, 3.8) is 0 Å². The molecule has 2 heterocycles. The van der Waals surface area contributed by atoms with Gasteiger partial charge in [0.1, 0.15) is 11.7 Å². The molecule has 1 saturated heterocycles. The van der Waals surface area contributed by atoms with E-state index >= 15 is 0 Å². The number of nitrogen functional groups attached to an aromatic ring is 1. The second-order valence-electron chi connectivity index (χ2n) is 4.70. The van der Waals surface area contributed by atoms with Crippen LogP contribution in [0.4, 0.5) is 4.79 Å². The van der Waals surface area contributed by atoms with Crippen molar-refractivity contribution in [1.82, 2.24) is 20.6 Å². The highest BCUT2D eigenvalue weighted by Gasteiger charge is 2.37. The summed E-state index contributed by atoms with van der Waals surface area (Å²) < 4.78 is 0. The van der Waals surface area contributed by atoms with E-state index in [1.807, 2.05) is 12.3 Å². The third kappa shape index (κ3) is 3.16. The number of rotatable bonds is 5. The van der Waals surface area contributed by atoms with Crippen LogP contribution < -0.4 is 16.6 Å². The molecule has 1 aliphatic rings. The van der Waals surface area contributed by atoms with Gasteiger partial charge in [-0.3, -0.25) is 19.9 Å². The monoisotopic (exact) mass is 291 g/mol. The quantitative estimate of drug-likeness (QED) is 0.303. The molecule has 1 unspecified atom stereocenters. The Morgan fingerprint density at radius 2 is 2.24 bits per heavy atom. The van der Waals surface area contributed by atoms with Crippen molar-refractivity contribution in [2.75, 3.05) is 0 Å². The molecule has 21 heavy (non-hydrogen) atoms. The van der Waals surface area contributed by atoms with Crippen LogP contribution in [0.5, 0.6) is 0 Å². The van der Waals surface area contributed by atoms with E-state index in [0.29, 0.717) is 12.1 Å². The number of nitrogens with two attached hydrogens (primary N) is 1. The van der Waals surface area contributed by atoms with Gasteiger partial charge in [0.25, 0.3) is 11.8 Å². The third-order valence-electron chi connectivity index (χ3n) is 3.17. The minimum atomic E-state index is -0.530. The first-order valence-electron chi connectivity index (χ1n) is 6.65. The Kier molecular flexibility index (Phi) is 4.49. The standard InChI is InChI=1S/C13H17N5O3/c1-2-4-10-12(20)18(13(21)16-10)7-8-5-3-6-9(15-8)11(19)17-14/h3,5-6,10H,2,4,7,14H2,1H3,(H,16,21)(H,17,19). The number of urea groups is 1. The lowest BCUT2D eigenvalue weighted by atomic mass is 10.1. The summed E-state index contributed by atoms with van der Waals surface area (Å²) in [5.74, 6) is 4.25. The average Bonchev–Trinajstić information content (AvgIpc) is 2.75. The fourth-order valence-electron chi connectivity index (χ4n) is 2.14. The van der Waals surface area contributed by atoms with Crippen molar-refractivity contribution in [2.24, 2.45) is 5.84 Å². The van der Waals surface area contributed by atoms with Gasteiger partial charge in [0, 0.05) is 0 Å². The number of amides is 4. The second-order valence-corrected chi connectivity index (χ2v) is 4.70. The van der Waals surface area contributed by atoms with Crippen LogP contribution in [-0.4, -0.2) is 33.8 Å². The maximum atomic E-state index is 12.1. The first-order chi connectivity index (χ1) is 10.1. The molecule has 2 rings (SSSR count). The van der Waals surface area contributed by atoms with Gasteiger partial charge in [-0.25, -0.2) is 15.6 Å². The number of hydrogen-bond acceptors (Lipinski definition) is 5. The highest BCUT2D eigenvalue weighted by molar-refractivity contribution is 6.04. The van der Waals surface area contributed by atoms with Crippen molar-refractivity contribution >= 4 is 17.8 Å². The molecule has 4 N–H and O–H groups in total. The van der Waals surface area contributed by atoms with E-state index in [4.69, 9.17) is 5.84 Å². The summed E-state index contributed by atoms with van der Waals surface area (Å²) in [4.78, 5) is 40.5. The molecule has 0 radical (unpaired) electrons. The zero-order valence-corrected chi connectivity index (χ0v) is 11.6.